The Kier molecular flexibility index (Phi) is 5.84. The van der Waals surface area contributed by atoms with Crippen LogP contribution in [-0.2, 0) is 0 Å². The number of hydrogen-bond donors (Lipinski definition) is 1. The van der Waals surface area contributed by atoms with Gasteiger partial charge in [0.25, 0.3) is 0 Å². The molecule has 0 aliphatic rings. The summed E-state index contributed by atoms with van der Waals surface area (Å²) in [4.78, 5) is 10.5. The molecule has 1 rings (SSSR count). The minimum absolute atomic E-state index is 0. The molecule has 4 nitrogen and oxygen atoms in total. The molecule has 1 aromatic rings. The molecule has 0 aliphatic carbocycles. The van der Waals surface area contributed by atoms with Gasteiger partial charge in [-0.15, -0.1) is 0 Å². The van der Waals surface area contributed by atoms with Gasteiger partial charge < -0.3 is 16.1 Å². The Balaban J connectivity index is 0. The second kappa shape index (κ2) is 5.34. The minimum atomic E-state index is -0.867. The summed E-state index contributed by atoms with van der Waals surface area (Å²) < 4.78 is 0. The quantitative estimate of drug-likeness (QED) is 0.526. The lowest BCUT2D eigenvalue weighted by Crippen LogP contribution is -2.08. The van der Waals surface area contributed by atoms with Crippen LogP contribution in [0.4, 0.5) is 0 Å². The van der Waals surface area contributed by atoms with Crippen molar-refractivity contribution >= 4 is 19.3 Å². The third kappa shape index (κ3) is 3.27. The lowest BCUT2D eigenvalue weighted by Gasteiger charge is -1.99. The summed E-state index contributed by atoms with van der Waals surface area (Å²) in [6.07, 6.45) is 0. The standard InChI is InChI=1S/C8H9BO2.2H2O/c1-5-4-6(8(10)11)2-3-7(5)9;;/h2-4H,9H2,1H3,(H,10,11);2*1H2. The van der Waals surface area contributed by atoms with Crippen molar-refractivity contribution in [3.8, 4) is 0 Å². The average Bonchev–Trinajstić information content (AvgIpc) is 1.94. The highest BCUT2D eigenvalue weighted by molar-refractivity contribution is 6.33. The number of benzene rings is 1. The summed E-state index contributed by atoms with van der Waals surface area (Å²) in [5.41, 5.74) is 2.49. The molecule has 1 aromatic carbocycles. The van der Waals surface area contributed by atoms with E-state index in [-0.39, 0.29) is 11.0 Å². The fraction of sp³-hybridized carbons (Fsp3) is 0.125. The van der Waals surface area contributed by atoms with Crippen LogP contribution in [0.3, 0.4) is 0 Å². The Hall–Kier alpha value is -1.33. The third-order valence-electron chi connectivity index (χ3n) is 1.75. The average molecular weight is 184 g/mol. The number of aromatic carboxylic acids is 1. The van der Waals surface area contributed by atoms with Crippen LogP contribution >= 0.6 is 0 Å². The lowest BCUT2D eigenvalue weighted by atomic mass is 9.90. The van der Waals surface area contributed by atoms with E-state index in [1.165, 1.54) is 0 Å². The number of carbonyl (C=O) groups is 1. The summed E-state index contributed by atoms with van der Waals surface area (Å²) in [6.45, 7) is 1.90. The van der Waals surface area contributed by atoms with Gasteiger partial charge in [0.15, 0.2) is 0 Å². The maximum Gasteiger partial charge on any atom is 0.335 e. The molecular formula is C8H13BO4. The lowest BCUT2D eigenvalue weighted by molar-refractivity contribution is 0.0697. The number of hydrogen-bond acceptors (Lipinski definition) is 1. The smallest absolute Gasteiger partial charge is 0.335 e. The van der Waals surface area contributed by atoms with E-state index < -0.39 is 5.97 Å². The molecular weight excluding hydrogens is 171 g/mol. The van der Waals surface area contributed by atoms with Crippen LogP contribution in [0, 0.1) is 6.92 Å². The molecule has 0 spiro atoms. The Labute approximate surface area is 77.2 Å². The summed E-state index contributed by atoms with van der Waals surface area (Å²) in [7, 11) is 1.96. The van der Waals surface area contributed by atoms with E-state index in [1.807, 2.05) is 20.8 Å². The molecule has 0 amide bonds. The second-order valence-electron chi connectivity index (χ2n) is 2.60. The van der Waals surface area contributed by atoms with Gasteiger partial charge in [-0.25, -0.2) is 4.79 Å². The summed E-state index contributed by atoms with van der Waals surface area (Å²) in [5, 5.41) is 8.60. The van der Waals surface area contributed by atoms with Crippen molar-refractivity contribution in [2.24, 2.45) is 0 Å². The first kappa shape index (κ1) is 14.2. The van der Waals surface area contributed by atoms with Gasteiger partial charge in [-0.2, -0.15) is 0 Å². The highest BCUT2D eigenvalue weighted by atomic mass is 16.4. The van der Waals surface area contributed by atoms with Crippen LogP contribution in [0.1, 0.15) is 15.9 Å². The minimum Gasteiger partial charge on any atom is -0.478 e. The first-order chi connectivity index (χ1) is 5.11. The molecule has 5 N–H and O–H groups in total. The van der Waals surface area contributed by atoms with Crippen LogP contribution in [0.25, 0.3) is 0 Å². The predicted molar refractivity (Wildman–Crippen MR) is 53.5 cm³/mol. The number of rotatable bonds is 1. The van der Waals surface area contributed by atoms with Crippen molar-refractivity contribution in [1.82, 2.24) is 0 Å². The highest BCUT2D eigenvalue weighted by Gasteiger charge is 2.01. The van der Waals surface area contributed by atoms with Gasteiger partial charge >= 0.3 is 5.97 Å². The largest absolute Gasteiger partial charge is 0.478 e. The topological polar surface area (TPSA) is 100 Å². The van der Waals surface area contributed by atoms with Gasteiger partial charge in [0, 0.05) is 0 Å². The van der Waals surface area contributed by atoms with Crippen molar-refractivity contribution in [1.29, 1.82) is 0 Å². The van der Waals surface area contributed by atoms with Crippen molar-refractivity contribution < 1.29 is 20.9 Å². The molecule has 0 saturated carbocycles. The van der Waals surface area contributed by atoms with E-state index in [1.54, 1.807) is 12.1 Å². The van der Waals surface area contributed by atoms with E-state index in [0.717, 1.165) is 11.0 Å². The fourth-order valence-electron chi connectivity index (χ4n) is 0.874. The van der Waals surface area contributed by atoms with Gasteiger partial charge in [0.05, 0.1) is 5.56 Å². The van der Waals surface area contributed by atoms with Crippen molar-refractivity contribution in [3.63, 3.8) is 0 Å². The molecule has 0 aliphatic heterocycles. The van der Waals surface area contributed by atoms with E-state index >= 15 is 0 Å². The third-order valence-corrected chi connectivity index (χ3v) is 1.75. The molecule has 0 unspecified atom stereocenters. The molecule has 0 aromatic heterocycles. The van der Waals surface area contributed by atoms with Crippen molar-refractivity contribution in [2.75, 3.05) is 0 Å². The van der Waals surface area contributed by atoms with Crippen LogP contribution < -0.4 is 5.46 Å². The zero-order valence-electron chi connectivity index (χ0n) is 7.59. The molecule has 0 heterocycles. The van der Waals surface area contributed by atoms with Gasteiger partial charge in [-0.05, 0) is 19.1 Å². The summed E-state index contributed by atoms with van der Waals surface area (Å²) in [6, 6.07) is 5.11. The van der Waals surface area contributed by atoms with E-state index in [9.17, 15) is 4.79 Å². The second-order valence-corrected chi connectivity index (χ2v) is 2.60. The van der Waals surface area contributed by atoms with Crippen LogP contribution in [-0.4, -0.2) is 29.9 Å². The molecule has 0 radical (unpaired) electrons. The maximum absolute atomic E-state index is 10.5. The van der Waals surface area contributed by atoms with E-state index in [2.05, 4.69) is 0 Å². The van der Waals surface area contributed by atoms with E-state index in [4.69, 9.17) is 5.11 Å². The van der Waals surface area contributed by atoms with Crippen LogP contribution in [0.2, 0.25) is 0 Å². The normalized spacial score (nSPS) is 8.08. The van der Waals surface area contributed by atoms with E-state index in [0.29, 0.717) is 5.56 Å². The zero-order valence-corrected chi connectivity index (χ0v) is 7.59. The maximum atomic E-state index is 10.5. The summed E-state index contributed by atoms with van der Waals surface area (Å²) >= 11 is 0. The van der Waals surface area contributed by atoms with Gasteiger partial charge in [0.1, 0.15) is 7.85 Å². The van der Waals surface area contributed by atoms with Gasteiger partial charge in [0.2, 0.25) is 0 Å². The molecule has 0 saturated heterocycles. The van der Waals surface area contributed by atoms with Gasteiger partial charge in [-0.1, -0.05) is 17.1 Å². The Bertz CT molecular complexity index is 298. The predicted octanol–water partition coefficient (Wildman–Crippen LogP) is -1.70. The van der Waals surface area contributed by atoms with Crippen molar-refractivity contribution in [3.05, 3.63) is 29.3 Å². The SMILES string of the molecule is Bc1ccc(C(=O)O)cc1C.O.O. The zero-order chi connectivity index (χ0) is 8.43. The molecule has 0 fully saturated rings. The molecule has 13 heavy (non-hydrogen) atoms. The van der Waals surface area contributed by atoms with Crippen LogP contribution in [0.5, 0.6) is 0 Å². The van der Waals surface area contributed by atoms with Crippen molar-refractivity contribution in [2.45, 2.75) is 6.92 Å². The highest BCUT2D eigenvalue weighted by Crippen LogP contribution is 2.00. The van der Waals surface area contributed by atoms with Gasteiger partial charge in [-0.3, -0.25) is 0 Å². The first-order valence-corrected chi connectivity index (χ1v) is 3.42. The number of carboxylic acid groups (broad SMARTS) is 1. The Morgan fingerprint density at radius 1 is 1.38 bits per heavy atom. The summed E-state index contributed by atoms with van der Waals surface area (Å²) in [5.74, 6) is -0.867. The monoisotopic (exact) mass is 184 g/mol. The first-order valence-electron chi connectivity index (χ1n) is 3.42. The molecule has 0 atom stereocenters. The number of aryl methyl sites for hydroxylation is 1. The fourth-order valence-corrected chi connectivity index (χ4v) is 0.874. The Morgan fingerprint density at radius 3 is 2.31 bits per heavy atom. The molecule has 0 bridgehead atoms. The van der Waals surface area contributed by atoms with Crippen LogP contribution in [0.15, 0.2) is 18.2 Å². The molecule has 5 heteroatoms. The Morgan fingerprint density at radius 2 is 1.92 bits per heavy atom. The molecule has 72 valence electrons. The number of carboxylic acids is 1.